The van der Waals surface area contributed by atoms with Crippen molar-refractivity contribution in [2.45, 2.75) is 35.5 Å². The molecule has 1 saturated heterocycles. The minimum absolute atomic E-state index is 0.0383. The third-order valence-corrected chi connectivity index (χ3v) is 6.24. The van der Waals surface area contributed by atoms with Crippen LogP contribution in [0.15, 0.2) is 17.0 Å². The Labute approximate surface area is 187 Å². The lowest BCUT2D eigenvalue weighted by Gasteiger charge is -2.56. The normalized spacial score (nSPS) is 24.5. The number of β-lactam (4-membered cyclic amide) rings is 1. The van der Waals surface area contributed by atoms with E-state index in [9.17, 15) is 28.3 Å². The van der Waals surface area contributed by atoms with Crippen LogP contribution in [0.2, 0.25) is 0 Å². The number of nitrogens with one attached hydrogen (secondary N) is 1. The Bertz CT molecular complexity index is 919. The van der Waals surface area contributed by atoms with Gasteiger partial charge in [-0.05, 0) is 10.4 Å². The van der Waals surface area contributed by atoms with Gasteiger partial charge < -0.3 is 25.0 Å². The Kier molecular flexibility index (Phi) is 7.52. The summed E-state index contributed by atoms with van der Waals surface area (Å²) in [5.74, 6) is -6.52. The van der Waals surface area contributed by atoms with Crippen LogP contribution < -0.4 is 5.32 Å². The number of hydrogen-bond acceptors (Lipinski definition) is 11. The van der Waals surface area contributed by atoms with Crippen molar-refractivity contribution in [2.24, 2.45) is 0 Å². The van der Waals surface area contributed by atoms with Crippen LogP contribution in [0.5, 0.6) is 0 Å². The SMILES string of the molecule is COC1(NC(=O)CSC(F)F)C(=O)N2C(C(=O)O)C(CSc3nnnn3CCO)=COC21. The molecule has 1 aromatic rings. The number of amides is 2. The number of carbonyl (C=O) groups is 3. The molecule has 0 radical (unpaired) electrons. The molecule has 1 aromatic heterocycles. The van der Waals surface area contributed by atoms with Gasteiger partial charge in [0.2, 0.25) is 17.3 Å². The number of carboxylic acids is 1. The number of methoxy groups -OCH3 is 1. The summed E-state index contributed by atoms with van der Waals surface area (Å²) in [6.07, 6.45) is -0.164. The first-order valence-electron chi connectivity index (χ1n) is 8.90. The molecule has 32 heavy (non-hydrogen) atoms. The third-order valence-electron chi connectivity index (χ3n) is 4.53. The number of aromatic nitrogens is 4. The lowest BCUT2D eigenvalue weighted by Crippen LogP contribution is -2.84. The molecule has 3 atom stereocenters. The van der Waals surface area contributed by atoms with E-state index < -0.39 is 47.3 Å². The van der Waals surface area contributed by atoms with E-state index in [0.29, 0.717) is 5.16 Å². The predicted molar refractivity (Wildman–Crippen MR) is 103 cm³/mol. The summed E-state index contributed by atoms with van der Waals surface area (Å²) in [6, 6.07) is -1.42. The van der Waals surface area contributed by atoms with Gasteiger partial charge in [-0.3, -0.25) is 14.5 Å². The van der Waals surface area contributed by atoms with Crippen LogP contribution in [-0.2, 0) is 30.4 Å². The number of ether oxygens (including phenoxy) is 2. The molecule has 2 aliphatic rings. The molecule has 3 unspecified atom stereocenters. The zero-order chi connectivity index (χ0) is 23.5. The Morgan fingerprint density at radius 1 is 1.47 bits per heavy atom. The second-order valence-corrected chi connectivity index (χ2v) is 8.31. The van der Waals surface area contributed by atoms with Crippen LogP contribution in [0.25, 0.3) is 0 Å². The summed E-state index contributed by atoms with van der Waals surface area (Å²) in [4.78, 5) is 37.7. The van der Waals surface area contributed by atoms with Crippen LogP contribution >= 0.6 is 23.5 Å². The Balaban J connectivity index is 1.75. The number of aliphatic hydroxyl groups excluding tert-OH is 1. The van der Waals surface area contributed by atoms with E-state index in [1.165, 1.54) is 4.68 Å². The predicted octanol–water partition coefficient (Wildman–Crippen LogP) is -1.29. The first-order chi connectivity index (χ1) is 15.2. The van der Waals surface area contributed by atoms with Gasteiger partial charge in [-0.15, -0.1) is 5.10 Å². The highest BCUT2D eigenvalue weighted by atomic mass is 32.2. The molecule has 176 valence electrons. The van der Waals surface area contributed by atoms with Gasteiger partial charge in [-0.25, -0.2) is 9.48 Å². The fourth-order valence-corrected chi connectivity index (χ4v) is 4.39. The van der Waals surface area contributed by atoms with Gasteiger partial charge >= 0.3 is 5.97 Å². The summed E-state index contributed by atoms with van der Waals surface area (Å²) in [7, 11) is 1.10. The number of nitrogens with zero attached hydrogens (tertiary/aromatic N) is 5. The van der Waals surface area contributed by atoms with Gasteiger partial charge in [0.1, 0.15) is 0 Å². The van der Waals surface area contributed by atoms with E-state index in [-0.39, 0.29) is 36.2 Å². The van der Waals surface area contributed by atoms with E-state index in [4.69, 9.17) is 14.6 Å². The van der Waals surface area contributed by atoms with E-state index in [2.05, 4.69) is 20.8 Å². The second kappa shape index (κ2) is 9.97. The molecule has 3 rings (SSSR count). The quantitative estimate of drug-likeness (QED) is 0.188. The zero-order valence-electron chi connectivity index (χ0n) is 16.4. The Morgan fingerprint density at radius 3 is 2.84 bits per heavy atom. The molecule has 0 aliphatic carbocycles. The maximum absolute atomic E-state index is 12.8. The monoisotopic (exact) mass is 496 g/mol. The third kappa shape index (κ3) is 4.50. The maximum atomic E-state index is 12.8. The molecule has 2 amide bonds. The number of carbonyl (C=O) groups excluding carboxylic acids is 2. The van der Waals surface area contributed by atoms with Crippen LogP contribution in [0.1, 0.15) is 0 Å². The Morgan fingerprint density at radius 2 is 2.22 bits per heavy atom. The molecule has 1 fully saturated rings. The average molecular weight is 496 g/mol. The highest BCUT2D eigenvalue weighted by Gasteiger charge is 2.69. The number of thioether (sulfide) groups is 2. The van der Waals surface area contributed by atoms with Crippen molar-refractivity contribution in [1.29, 1.82) is 0 Å². The molecule has 0 bridgehead atoms. The van der Waals surface area contributed by atoms with Crippen LogP contribution in [0.4, 0.5) is 8.78 Å². The van der Waals surface area contributed by atoms with E-state index in [0.717, 1.165) is 30.0 Å². The summed E-state index contributed by atoms with van der Waals surface area (Å²) in [5.41, 5.74) is -1.83. The highest BCUT2D eigenvalue weighted by Crippen LogP contribution is 2.41. The number of alkyl halides is 2. The van der Waals surface area contributed by atoms with Gasteiger partial charge in [-0.2, -0.15) is 8.78 Å². The number of fused-ring (bicyclic) bond motifs is 1. The standard InChI is InChI=1S/C15H18F2N6O7S2/c1-29-15(18-8(25)6-31-13(16)17)11(28)23-9(10(26)27)7(4-30-12(15)23)5-32-14-19-20-21-22(14)2-3-24/h4,9,12-13,24H,2-3,5-6H2,1H3,(H,18,25)(H,26,27). The molecule has 17 heteroatoms. The first kappa shape index (κ1) is 24.1. The van der Waals surface area contributed by atoms with Crippen LogP contribution in [0.3, 0.4) is 0 Å². The highest BCUT2D eigenvalue weighted by molar-refractivity contribution is 8.00. The number of rotatable bonds is 11. The van der Waals surface area contributed by atoms with Gasteiger partial charge in [0.05, 0.1) is 25.2 Å². The van der Waals surface area contributed by atoms with Crippen molar-refractivity contribution in [3.63, 3.8) is 0 Å². The molecule has 3 N–H and O–H groups in total. The van der Waals surface area contributed by atoms with Crippen molar-refractivity contribution < 1.29 is 42.9 Å². The van der Waals surface area contributed by atoms with Gasteiger partial charge in [-0.1, -0.05) is 23.5 Å². The van der Waals surface area contributed by atoms with E-state index in [1.807, 2.05) is 0 Å². The van der Waals surface area contributed by atoms with E-state index >= 15 is 0 Å². The molecule has 0 saturated carbocycles. The number of aliphatic hydroxyl groups is 1. The molecule has 2 aliphatic heterocycles. The Hall–Kier alpha value is -2.50. The number of carboxylic acid groups (broad SMARTS) is 1. The van der Waals surface area contributed by atoms with Gasteiger partial charge in [0.25, 0.3) is 17.4 Å². The average Bonchev–Trinajstić information content (AvgIpc) is 3.20. The van der Waals surface area contributed by atoms with Crippen LogP contribution in [0, 0.1) is 0 Å². The molecule has 0 aromatic carbocycles. The second-order valence-electron chi connectivity index (χ2n) is 6.39. The smallest absolute Gasteiger partial charge is 0.331 e. The lowest BCUT2D eigenvalue weighted by molar-refractivity contribution is -0.260. The minimum Gasteiger partial charge on any atom is -0.479 e. The van der Waals surface area contributed by atoms with Gasteiger partial charge in [0.15, 0.2) is 6.04 Å². The summed E-state index contributed by atoms with van der Waals surface area (Å²) in [6.45, 7) is -0.0629. The number of tetrazole rings is 1. The number of halogens is 2. The summed E-state index contributed by atoms with van der Waals surface area (Å²) in [5, 5.41) is 32.3. The summed E-state index contributed by atoms with van der Waals surface area (Å²) >= 11 is 1.13. The molecule has 13 nitrogen and oxygen atoms in total. The van der Waals surface area contributed by atoms with Crippen LogP contribution in [-0.4, -0.2) is 102 Å². The molecular weight excluding hydrogens is 478 g/mol. The minimum atomic E-state index is -2.78. The number of hydrogen-bond donors (Lipinski definition) is 3. The van der Waals surface area contributed by atoms with Crippen molar-refractivity contribution in [1.82, 2.24) is 30.4 Å². The van der Waals surface area contributed by atoms with Crippen molar-refractivity contribution in [2.75, 3.05) is 25.2 Å². The molecule has 0 spiro atoms. The van der Waals surface area contributed by atoms with E-state index in [1.54, 1.807) is 0 Å². The first-order valence-corrected chi connectivity index (χ1v) is 10.9. The molecular formula is C15H18F2N6O7S2. The van der Waals surface area contributed by atoms with Crippen molar-refractivity contribution in [3.8, 4) is 0 Å². The maximum Gasteiger partial charge on any atom is 0.331 e. The lowest BCUT2D eigenvalue weighted by atomic mass is 9.91. The summed E-state index contributed by atoms with van der Waals surface area (Å²) < 4.78 is 36.6. The number of aliphatic carboxylic acids is 1. The van der Waals surface area contributed by atoms with Crippen molar-refractivity contribution >= 4 is 41.3 Å². The largest absolute Gasteiger partial charge is 0.479 e. The fourth-order valence-electron chi connectivity index (χ4n) is 3.15. The zero-order valence-corrected chi connectivity index (χ0v) is 18.0. The van der Waals surface area contributed by atoms with Gasteiger partial charge in [0, 0.05) is 18.4 Å². The molecule has 3 heterocycles. The topological polar surface area (TPSA) is 169 Å². The van der Waals surface area contributed by atoms with Crippen molar-refractivity contribution in [3.05, 3.63) is 11.8 Å². The fraction of sp³-hybridized carbons (Fsp3) is 0.600.